The average molecular weight is 457 g/mol. The van der Waals surface area contributed by atoms with E-state index in [1.54, 1.807) is 13.3 Å². The van der Waals surface area contributed by atoms with Gasteiger partial charge >= 0.3 is 6.03 Å². The zero-order valence-corrected chi connectivity index (χ0v) is 18.1. The van der Waals surface area contributed by atoms with Crippen LogP contribution in [0.5, 0.6) is 5.75 Å². The highest BCUT2D eigenvalue weighted by molar-refractivity contribution is 9.10. The number of nitrogens with one attached hydrogen (secondary N) is 3. The molecule has 0 saturated carbocycles. The number of hydrogen-bond donors (Lipinski definition) is 3. The lowest BCUT2D eigenvalue weighted by atomic mass is 10.1. The van der Waals surface area contributed by atoms with E-state index < -0.39 is 0 Å². The molecular weight excluding hydrogens is 432 g/mol. The van der Waals surface area contributed by atoms with Crippen molar-refractivity contribution in [1.82, 2.24) is 10.3 Å². The molecule has 1 aromatic heterocycles. The molecule has 3 N–H and O–H groups in total. The topological polar surface area (TPSA) is 75.3 Å². The van der Waals surface area contributed by atoms with Crippen LogP contribution in [0.25, 0.3) is 10.9 Å². The summed E-state index contributed by atoms with van der Waals surface area (Å²) in [6.07, 6.45) is 3.56. The molecule has 152 valence electrons. The maximum Gasteiger partial charge on any atom is 0.319 e. The predicted molar refractivity (Wildman–Crippen MR) is 122 cm³/mol. The lowest BCUT2D eigenvalue weighted by molar-refractivity contribution is 0.252. The first-order valence-electron chi connectivity index (χ1n) is 9.55. The van der Waals surface area contributed by atoms with E-state index >= 15 is 0 Å². The fourth-order valence-corrected chi connectivity index (χ4v) is 3.31. The van der Waals surface area contributed by atoms with Crippen LogP contribution in [-0.4, -0.2) is 30.7 Å². The predicted octanol–water partition coefficient (Wildman–Crippen LogP) is 5.41. The van der Waals surface area contributed by atoms with Gasteiger partial charge in [0, 0.05) is 40.4 Å². The summed E-state index contributed by atoms with van der Waals surface area (Å²) in [6, 6.07) is 15.4. The van der Waals surface area contributed by atoms with Crippen molar-refractivity contribution in [3.8, 4) is 5.75 Å². The molecule has 2 aromatic carbocycles. The first-order valence-corrected chi connectivity index (χ1v) is 10.3. The number of amides is 2. The van der Waals surface area contributed by atoms with Crippen molar-refractivity contribution in [1.29, 1.82) is 0 Å². The van der Waals surface area contributed by atoms with Crippen molar-refractivity contribution in [2.45, 2.75) is 25.8 Å². The number of nitrogens with zero attached hydrogens (tertiary/aromatic N) is 1. The fourth-order valence-electron chi connectivity index (χ4n) is 3.05. The van der Waals surface area contributed by atoms with Crippen molar-refractivity contribution in [3.63, 3.8) is 0 Å². The zero-order chi connectivity index (χ0) is 20.6. The molecule has 0 aliphatic carbocycles. The maximum atomic E-state index is 12.0. The van der Waals surface area contributed by atoms with Gasteiger partial charge in [-0.25, -0.2) is 4.79 Å². The number of hydrogen-bond acceptors (Lipinski definition) is 4. The molecule has 0 fully saturated rings. The normalized spacial score (nSPS) is 11.7. The van der Waals surface area contributed by atoms with Crippen LogP contribution in [-0.2, 0) is 0 Å². The molecule has 0 aliphatic rings. The monoisotopic (exact) mass is 456 g/mol. The molecule has 6 nitrogen and oxygen atoms in total. The number of rotatable bonds is 8. The van der Waals surface area contributed by atoms with E-state index in [-0.39, 0.29) is 12.1 Å². The van der Waals surface area contributed by atoms with Crippen LogP contribution in [0, 0.1) is 0 Å². The Labute approximate surface area is 179 Å². The molecule has 1 atom stereocenters. The van der Waals surface area contributed by atoms with E-state index in [2.05, 4.69) is 43.8 Å². The lowest BCUT2D eigenvalue weighted by Gasteiger charge is -2.17. The number of urea groups is 1. The van der Waals surface area contributed by atoms with Crippen LogP contribution in [0.2, 0.25) is 0 Å². The fraction of sp³-hybridized carbons (Fsp3) is 0.273. The number of methoxy groups -OCH3 is 1. The van der Waals surface area contributed by atoms with Gasteiger partial charge < -0.3 is 20.7 Å². The number of fused-ring (bicyclic) bond motifs is 1. The Morgan fingerprint density at radius 1 is 1.21 bits per heavy atom. The number of halogens is 1. The van der Waals surface area contributed by atoms with Crippen molar-refractivity contribution < 1.29 is 9.53 Å². The highest BCUT2D eigenvalue weighted by Crippen LogP contribution is 2.28. The van der Waals surface area contributed by atoms with E-state index in [9.17, 15) is 4.79 Å². The minimum absolute atomic E-state index is 0.198. The quantitative estimate of drug-likeness (QED) is 0.396. The van der Waals surface area contributed by atoms with Gasteiger partial charge in [-0.15, -0.1) is 0 Å². The van der Waals surface area contributed by atoms with Crippen LogP contribution in [0.4, 0.5) is 16.2 Å². The largest absolute Gasteiger partial charge is 0.497 e. The second-order valence-corrected chi connectivity index (χ2v) is 7.74. The van der Waals surface area contributed by atoms with Gasteiger partial charge in [0.2, 0.25) is 0 Å². The molecule has 1 heterocycles. The summed E-state index contributed by atoms with van der Waals surface area (Å²) in [5.41, 5.74) is 2.64. The third-order valence-corrected chi connectivity index (χ3v) is 5.05. The summed E-state index contributed by atoms with van der Waals surface area (Å²) in [6.45, 7) is 2.72. The first kappa shape index (κ1) is 20.9. The molecule has 3 aromatic rings. The molecule has 1 unspecified atom stereocenters. The Bertz CT molecular complexity index is 963. The summed E-state index contributed by atoms with van der Waals surface area (Å²) >= 11 is 3.38. The summed E-state index contributed by atoms with van der Waals surface area (Å²) in [5, 5.41) is 10.3. The van der Waals surface area contributed by atoms with Gasteiger partial charge in [0.25, 0.3) is 0 Å². The molecule has 0 radical (unpaired) electrons. The van der Waals surface area contributed by atoms with Gasteiger partial charge in [0.1, 0.15) is 5.75 Å². The Kier molecular flexibility index (Phi) is 7.30. The van der Waals surface area contributed by atoms with Crippen molar-refractivity contribution in [2.24, 2.45) is 0 Å². The van der Waals surface area contributed by atoms with Gasteiger partial charge in [-0.1, -0.05) is 22.0 Å². The van der Waals surface area contributed by atoms with E-state index in [0.29, 0.717) is 6.54 Å². The van der Waals surface area contributed by atoms with E-state index in [4.69, 9.17) is 4.74 Å². The van der Waals surface area contributed by atoms with Crippen LogP contribution in [0.1, 0.15) is 19.8 Å². The molecule has 3 rings (SSSR count). The molecule has 0 saturated heterocycles. The SMILES string of the molecule is COc1cc(NC(C)CCCNC(=O)Nc2ccc(Br)cc2)c2ncccc2c1. The smallest absolute Gasteiger partial charge is 0.319 e. The van der Waals surface area contributed by atoms with Crippen molar-refractivity contribution >= 4 is 44.2 Å². The first-order chi connectivity index (χ1) is 14.0. The van der Waals surface area contributed by atoms with Gasteiger partial charge in [-0.3, -0.25) is 4.98 Å². The van der Waals surface area contributed by atoms with Crippen LogP contribution in [0.15, 0.2) is 59.2 Å². The van der Waals surface area contributed by atoms with E-state index in [1.807, 2.05) is 48.5 Å². The highest BCUT2D eigenvalue weighted by Gasteiger charge is 2.09. The number of anilines is 2. The molecule has 0 aliphatic heterocycles. The summed E-state index contributed by atoms with van der Waals surface area (Å²) in [7, 11) is 1.66. The average Bonchev–Trinajstić information content (AvgIpc) is 2.72. The summed E-state index contributed by atoms with van der Waals surface area (Å²) in [4.78, 5) is 16.5. The van der Waals surface area contributed by atoms with Gasteiger partial charge in [0.05, 0.1) is 18.3 Å². The number of ether oxygens (including phenoxy) is 1. The number of benzene rings is 2. The van der Waals surface area contributed by atoms with E-state index in [1.165, 1.54) is 0 Å². The minimum atomic E-state index is -0.198. The Hall–Kier alpha value is -2.80. The summed E-state index contributed by atoms with van der Waals surface area (Å²) in [5.74, 6) is 0.798. The van der Waals surface area contributed by atoms with Crippen molar-refractivity contribution in [2.75, 3.05) is 24.3 Å². The summed E-state index contributed by atoms with van der Waals surface area (Å²) < 4.78 is 6.38. The Balaban J connectivity index is 1.46. The van der Waals surface area contributed by atoms with Crippen LogP contribution < -0.4 is 20.7 Å². The van der Waals surface area contributed by atoms with Crippen molar-refractivity contribution in [3.05, 3.63) is 59.2 Å². The van der Waals surface area contributed by atoms with Crippen LogP contribution in [0.3, 0.4) is 0 Å². The van der Waals surface area contributed by atoms with Gasteiger partial charge in [-0.2, -0.15) is 0 Å². The third kappa shape index (κ3) is 6.09. The highest BCUT2D eigenvalue weighted by atomic mass is 79.9. The molecule has 0 spiro atoms. The van der Waals surface area contributed by atoms with Gasteiger partial charge in [-0.05, 0) is 56.2 Å². The minimum Gasteiger partial charge on any atom is -0.497 e. The molecular formula is C22H25BrN4O2. The molecule has 0 bridgehead atoms. The van der Waals surface area contributed by atoms with E-state index in [0.717, 1.165) is 45.3 Å². The zero-order valence-electron chi connectivity index (χ0n) is 16.5. The molecule has 29 heavy (non-hydrogen) atoms. The van der Waals surface area contributed by atoms with Gasteiger partial charge in [0.15, 0.2) is 0 Å². The van der Waals surface area contributed by atoms with Crippen LogP contribution >= 0.6 is 15.9 Å². The number of pyridine rings is 1. The standard InChI is InChI=1S/C22H25BrN4O2/c1-15(5-3-12-25-22(28)27-18-9-7-17(23)8-10-18)26-20-14-19(29-2)13-16-6-4-11-24-21(16)20/h4,6-11,13-15,26H,3,5,12H2,1-2H3,(H2,25,27,28). The Morgan fingerprint density at radius 2 is 2.00 bits per heavy atom. The molecule has 2 amide bonds. The number of aromatic nitrogens is 1. The number of carbonyl (C=O) groups excluding carboxylic acids is 1. The third-order valence-electron chi connectivity index (χ3n) is 4.52. The number of carbonyl (C=O) groups is 1. The maximum absolute atomic E-state index is 12.0. The molecule has 7 heteroatoms. The Morgan fingerprint density at radius 3 is 2.76 bits per heavy atom. The lowest BCUT2D eigenvalue weighted by Crippen LogP contribution is -2.30. The second kappa shape index (κ2) is 10.1. The second-order valence-electron chi connectivity index (χ2n) is 6.83.